The van der Waals surface area contributed by atoms with Crippen molar-refractivity contribution < 1.29 is 19.9 Å². The lowest BCUT2D eigenvalue weighted by molar-refractivity contribution is -0.383. The van der Waals surface area contributed by atoms with E-state index in [4.69, 9.17) is 4.74 Å². The van der Waals surface area contributed by atoms with Gasteiger partial charge in [-0.1, -0.05) is 24.3 Å². The van der Waals surface area contributed by atoms with Gasteiger partial charge < -0.3 is 20.3 Å². The molecule has 3 heterocycles. The van der Waals surface area contributed by atoms with Gasteiger partial charge in [-0.2, -0.15) is 0 Å². The van der Waals surface area contributed by atoms with E-state index in [1.807, 2.05) is 18.2 Å². The molecule has 1 aliphatic heterocycles. The summed E-state index contributed by atoms with van der Waals surface area (Å²) in [5.74, 6) is 0.306. The molecule has 0 unspecified atom stereocenters. The lowest BCUT2D eigenvalue weighted by Crippen LogP contribution is -2.24. The van der Waals surface area contributed by atoms with Gasteiger partial charge in [0.05, 0.1) is 24.0 Å². The number of fused-ring (bicyclic) bond motifs is 2. The molecule has 11 nitrogen and oxygen atoms in total. The van der Waals surface area contributed by atoms with Crippen molar-refractivity contribution in [2.24, 2.45) is 0 Å². The topological polar surface area (TPSA) is 148 Å². The number of imidazole rings is 1. The summed E-state index contributed by atoms with van der Waals surface area (Å²) in [6.07, 6.45) is 1.09. The van der Waals surface area contributed by atoms with E-state index in [9.17, 15) is 20.3 Å². The van der Waals surface area contributed by atoms with Crippen molar-refractivity contribution in [2.45, 2.75) is 24.9 Å². The number of aromatic nitrogens is 4. The third-order valence-electron chi connectivity index (χ3n) is 5.40. The molecular weight excluding hydrogens is 404 g/mol. The maximum Gasteiger partial charge on any atom is 0.293 e. The Hall–Kier alpha value is -3.67. The first-order valence-electron chi connectivity index (χ1n) is 9.62. The number of hydrogen-bond donors (Lipinski definition) is 3. The Morgan fingerprint density at radius 2 is 2.06 bits per heavy atom. The van der Waals surface area contributed by atoms with Crippen LogP contribution >= 0.6 is 0 Å². The van der Waals surface area contributed by atoms with Crippen LogP contribution in [0, 0.1) is 10.1 Å². The second-order valence-corrected chi connectivity index (χ2v) is 7.22. The molecule has 0 saturated carbocycles. The Bertz CT molecular complexity index is 1290. The number of benzene rings is 2. The molecule has 1 fully saturated rings. The van der Waals surface area contributed by atoms with Gasteiger partial charge in [0, 0.05) is 17.9 Å². The minimum absolute atomic E-state index is 0.0852. The number of anilines is 2. The normalized spacial score (nSPS) is 21.0. The van der Waals surface area contributed by atoms with Gasteiger partial charge in [0.1, 0.15) is 24.3 Å². The maximum atomic E-state index is 11.6. The second kappa shape index (κ2) is 7.54. The number of nitrogens with zero attached hydrogens (tertiary/aromatic N) is 5. The van der Waals surface area contributed by atoms with E-state index >= 15 is 0 Å². The molecule has 4 aromatic rings. The van der Waals surface area contributed by atoms with Gasteiger partial charge in [0.25, 0.3) is 5.69 Å². The first kappa shape index (κ1) is 19.3. The van der Waals surface area contributed by atoms with Gasteiger partial charge in [-0.25, -0.2) is 15.0 Å². The van der Waals surface area contributed by atoms with Crippen LogP contribution < -0.4 is 5.32 Å². The molecule has 2 aromatic heterocycles. The molecular formula is C20H18N6O5. The summed E-state index contributed by atoms with van der Waals surface area (Å²) in [6, 6.07) is 10.5. The first-order valence-corrected chi connectivity index (χ1v) is 9.62. The molecule has 3 N–H and O–H groups in total. The third-order valence-corrected chi connectivity index (χ3v) is 5.40. The molecule has 1 aliphatic rings. The largest absolute Gasteiger partial charge is 0.394 e. The van der Waals surface area contributed by atoms with Gasteiger partial charge in [-0.05, 0) is 11.5 Å². The van der Waals surface area contributed by atoms with Crippen molar-refractivity contribution in [1.29, 1.82) is 0 Å². The zero-order chi connectivity index (χ0) is 21.5. The van der Waals surface area contributed by atoms with Crippen LogP contribution in [0.2, 0.25) is 0 Å². The summed E-state index contributed by atoms with van der Waals surface area (Å²) in [6.45, 7) is -0.295. The summed E-state index contributed by atoms with van der Waals surface area (Å²) in [5.41, 5.74) is 1.06. The molecule has 0 amide bonds. The number of rotatable bonds is 5. The Balaban J connectivity index is 1.58. The lowest BCUT2D eigenvalue weighted by atomic mass is 10.1. The Kier molecular flexibility index (Phi) is 4.70. The van der Waals surface area contributed by atoms with E-state index in [1.165, 1.54) is 18.7 Å². The van der Waals surface area contributed by atoms with Crippen molar-refractivity contribution in [3.05, 3.63) is 59.2 Å². The average Bonchev–Trinajstić information content (AvgIpc) is 3.37. The van der Waals surface area contributed by atoms with E-state index in [0.29, 0.717) is 28.1 Å². The number of hydrogen-bond acceptors (Lipinski definition) is 9. The SMILES string of the molecule is O=[N+]([O-])c1ccc2ccccc2c1Nc1ncnc2c1ncn2[C@H]1C[C@H](O)[C@@H](CO)O1. The molecule has 1 saturated heterocycles. The molecule has 2 aromatic carbocycles. The summed E-state index contributed by atoms with van der Waals surface area (Å²) in [7, 11) is 0. The van der Waals surface area contributed by atoms with Crippen LogP contribution in [0.25, 0.3) is 21.9 Å². The van der Waals surface area contributed by atoms with Crippen LogP contribution in [0.15, 0.2) is 49.1 Å². The van der Waals surface area contributed by atoms with Crippen LogP contribution in [0.1, 0.15) is 12.6 Å². The minimum atomic E-state index is -0.801. The quantitative estimate of drug-likeness (QED) is 0.325. The average molecular weight is 422 g/mol. The summed E-state index contributed by atoms with van der Waals surface area (Å²) < 4.78 is 7.35. The van der Waals surface area contributed by atoms with Gasteiger partial charge in [0.2, 0.25) is 0 Å². The van der Waals surface area contributed by atoms with E-state index in [2.05, 4.69) is 20.3 Å². The van der Waals surface area contributed by atoms with Crippen LogP contribution in [0.4, 0.5) is 17.2 Å². The highest BCUT2D eigenvalue weighted by Gasteiger charge is 2.35. The highest BCUT2D eigenvalue weighted by molar-refractivity contribution is 6.01. The van der Waals surface area contributed by atoms with Crippen LogP contribution in [-0.4, -0.2) is 53.5 Å². The fraction of sp³-hybridized carbons (Fsp3) is 0.250. The predicted octanol–water partition coefficient (Wildman–Crippen LogP) is 2.27. The summed E-state index contributed by atoms with van der Waals surface area (Å²) in [4.78, 5) is 24.1. The smallest absolute Gasteiger partial charge is 0.293 e. The van der Waals surface area contributed by atoms with Crippen LogP contribution in [0.3, 0.4) is 0 Å². The van der Waals surface area contributed by atoms with Crippen molar-refractivity contribution in [3.8, 4) is 0 Å². The predicted molar refractivity (Wildman–Crippen MR) is 111 cm³/mol. The molecule has 0 radical (unpaired) electrons. The van der Waals surface area contributed by atoms with E-state index < -0.39 is 23.4 Å². The maximum absolute atomic E-state index is 11.6. The molecule has 5 rings (SSSR count). The summed E-state index contributed by atoms with van der Waals surface area (Å²) >= 11 is 0. The zero-order valence-corrected chi connectivity index (χ0v) is 16.1. The van der Waals surface area contributed by atoms with Crippen molar-refractivity contribution >= 4 is 39.1 Å². The van der Waals surface area contributed by atoms with Gasteiger partial charge in [-0.15, -0.1) is 0 Å². The van der Waals surface area contributed by atoms with Crippen molar-refractivity contribution in [2.75, 3.05) is 11.9 Å². The Morgan fingerprint density at radius 1 is 1.23 bits per heavy atom. The van der Waals surface area contributed by atoms with Gasteiger partial charge in [-0.3, -0.25) is 14.7 Å². The number of aliphatic hydroxyl groups is 2. The van der Waals surface area contributed by atoms with E-state index in [-0.39, 0.29) is 18.7 Å². The number of nitrogens with one attached hydrogen (secondary N) is 1. The Labute approximate surface area is 175 Å². The number of nitro groups is 1. The summed E-state index contributed by atoms with van der Waals surface area (Å²) in [5, 5.41) is 35.6. The van der Waals surface area contributed by atoms with Crippen LogP contribution in [0.5, 0.6) is 0 Å². The van der Waals surface area contributed by atoms with E-state index in [0.717, 1.165) is 5.39 Å². The second-order valence-electron chi connectivity index (χ2n) is 7.22. The third kappa shape index (κ3) is 3.24. The number of ether oxygens (including phenoxy) is 1. The molecule has 0 aliphatic carbocycles. The molecule has 0 bridgehead atoms. The number of aliphatic hydroxyl groups excluding tert-OH is 2. The fourth-order valence-corrected chi connectivity index (χ4v) is 3.87. The lowest BCUT2D eigenvalue weighted by Gasteiger charge is -2.14. The Morgan fingerprint density at radius 3 is 2.84 bits per heavy atom. The van der Waals surface area contributed by atoms with Crippen molar-refractivity contribution in [3.63, 3.8) is 0 Å². The van der Waals surface area contributed by atoms with Crippen LogP contribution in [-0.2, 0) is 4.74 Å². The van der Waals surface area contributed by atoms with Gasteiger partial charge in [0.15, 0.2) is 17.0 Å². The first-order chi connectivity index (χ1) is 15.1. The highest BCUT2D eigenvalue weighted by atomic mass is 16.6. The minimum Gasteiger partial charge on any atom is -0.394 e. The van der Waals surface area contributed by atoms with Gasteiger partial charge >= 0.3 is 0 Å². The monoisotopic (exact) mass is 422 g/mol. The van der Waals surface area contributed by atoms with E-state index in [1.54, 1.807) is 16.7 Å². The molecule has 31 heavy (non-hydrogen) atoms. The van der Waals surface area contributed by atoms with Crippen molar-refractivity contribution in [1.82, 2.24) is 19.5 Å². The molecule has 3 atom stereocenters. The molecule has 158 valence electrons. The number of nitro benzene ring substituents is 1. The highest BCUT2D eigenvalue weighted by Crippen LogP contribution is 2.37. The molecule has 0 spiro atoms. The fourth-order valence-electron chi connectivity index (χ4n) is 3.87. The molecule has 11 heteroatoms. The standard InChI is InChI=1S/C20H18N6O5/c27-8-15-14(28)7-16(31-15)25-10-23-18-19(21-9-22-20(18)25)24-17-12-4-2-1-3-11(12)5-6-13(17)26(29)30/h1-6,9-10,14-16,27-28H,7-8H2,(H,21,22,24)/t14-,15+,16+/m0/s1. The zero-order valence-electron chi connectivity index (χ0n) is 16.1.